The number of primary amides is 1. The minimum atomic E-state index is -0.732. The Morgan fingerprint density at radius 3 is 2.90 bits per heavy atom. The van der Waals surface area contributed by atoms with Crippen LogP contribution in [0.2, 0.25) is 0 Å². The third-order valence-electron chi connectivity index (χ3n) is 2.67. The van der Waals surface area contributed by atoms with Gasteiger partial charge in [-0.3, -0.25) is 4.68 Å². The first kappa shape index (κ1) is 14.3. The minimum absolute atomic E-state index is 0.367. The molecule has 0 saturated heterocycles. The second-order valence-corrected chi connectivity index (χ2v) is 4.20. The summed E-state index contributed by atoms with van der Waals surface area (Å²) in [5.41, 5.74) is 9.48. The average molecular weight is 282 g/mol. The van der Waals surface area contributed by atoms with E-state index in [1.807, 2.05) is 30.3 Å². The normalized spacial score (nSPS) is 10.4. The predicted molar refractivity (Wildman–Crippen MR) is 78.2 cm³/mol. The molecule has 3 N–H and O–H groups in total. The van der Waals surface area contributed by atoms with Crippen molar-refractivity contribution in [3.05, 3.63) is 42.1 Å². The molecule has 1 aromatic heterocycles. The molecule has 7 heteroatoms. The van der Waals surface area contributed by atoms with Gasteiger partial charge in [-0.1, -0.05) is 30.3 Å². The lowest BCUT2D eigenvalue weighted by Crippen LogP contribution is -2.24. The smallest absolute Gasteiger partial charge is 0.332 e. The summed E-state index contributed by atoms with van der Waals surface area (Å²) in [5, 5.41) is 16.8. The summed E-state index contributed by atoms with van der Waals surface area (Å²) in [6, 6.07) is 10.9. The summed E-state index contributed by atoms with van der Waals surface area (Å²) in [5.74, 6) is 0. The molecule has 1 aromatic carbocycles. The Balaban J connectivity index is 2.32. The number of aryl methyl sites for hydroxylation is 1. The summed E-state index contributed by atoms with van der Waals surface area (Å²) < 4.78 is 1.68. The third kappa shape index (κ3) is 3.91. The van der Waals surface area contributed by atoms with Gasteiger partial charge in [0.1, 0.15) is 5.69 Å². The highest BCUT2D eigenvalue weighted by Crippen LogP contribution is 2.20. The van der Waals surface area contributed by atoms with E-state index < -0.39 is 6.03 Å². The highest BCUT2D eigenvalue weighted by molar-refractivity contribution is 5.89. The van der Waals surface area contributed by atoms with Crippen molar-refractivity contribution in [2.75, 3.05) is 0 Å². The van der Waals surface area contributed by atoms with Crippen molar-refractivity contribution in [3.8, 4) is 17.3 Å². The van der Waals surface area contributed by atoms with E-state index in [1.165, 1.54) is 6.21 Å². The molecule has 1 heterocycles. The van der Waals surface area contributed by atoms with Gasteiger partial charge in [-0.25, -0.2) is 10.2 Å². The fourth-order valence-electron chi connectivity index (χ4n) is 1.80. The molecule has 0 atom stereocenters. The van der Waals surface area contributed by atoms with Crippen LogP contribution in [-0.4, -0.2) is 22.0 Å². The van der Waals surface area contributed by atoms with Gasteiger partial charge in [0.05, 0.1) is 25.2 Å². The molecule has 2 rings (SSSR count). The number of carbonyl (C=O) groups excluding carboxylic acids is 1. The second-order valence-electron chi connectivity index (χ2n) is 4.20. The van der Waals surface area contributed by atoms with E-state index >= 15 is 0 Å². The average Bonchev–Trinajstić information content (AvgIpc) is 2.89. The molecule has 0 radical (unpaired) electrons. The van der Waals surface area contributed by atoms with Crippen molar-refractivity contribution in [3.63, 3.8) is 0 Å². The van der Waals surface area contributed by atoms with Gasteiger partial charge in [0.2, 0.25) is 0 Å². The number of hydrazone groups is 1. The van der Waals surface area contributed by atoms with E-state index in [-0.39, 0.29) is 0 Å². The van der Waals surface area contributed by atoms with Crippen molar-refractivity contribution in [2.45, 2.75) is 13.0 Å². The first-order chi connectivity index (χ1) is 10.2. The fraction of sp³-hybridized carbons (Fsp3) is 0.143. The van der Waals surface area contributed by atoms with Crippen molar-refractivity contribution >= 4 is 12.2 Å². The maximum atomic E-state index is 10.6. The van der Waals surface area contributed by atoms with Crippen LogP contribution in [0.15, 0.2) is 41.6 Å². The zero-order valence-corrected chi connectivity index (χ0v) is 11.2. The number of amides is 2. The van der Waals surface area contributed by atoms with E-state index in [1.54, 1.807) is 10.9 Å². The standard InChI is InChI=1S/C14H14N6O/c15-7-4-8-20-10-12(9-17-18-14(16)21)13(19-20)11-5-2-1-3-6-11/h1-3,5-6,9-10H,4,8H2,(H3,16,18,21)/b17-9+. The van der Waals surface area contributed by atoms with E-state index in [4.69, 9.17) is 11.0 Å². The van der Waals surface area contributed by atoms with Gasteiger partial charge in [0.25, 0.3) is 0 Å². The molecule has 0 unspecified atom stereocenters. The molecule has 0 saturated carbocycles. The molecule has 0 bridgehead atoms. The van der Waals surface area contributed by atoms with Gasteiger partial charge in [0, 0.05) is 17.3 Å². The van der Waals surface area contributed by atoms with Crippen molar-refractivity contribution in [2.24, 2.45) is 10.8 Å². The van der Waals surface area contributed by atoms with Crippen LogP contribution >= 0.6 is 0 Å². The predicted octanol–water partition coefficient (Wildman–Crippen LogP) is 1.47. The lowest BCUT2D eigenvalue weighted by molar-refractivity contribution is 0.249. The molecule has 0 aliphatic heterocycles. The van der Waals surface area contributed by atoms with Crippen molar-refractivity contribution in [1.29, 1.82) is 5.26 Å². The number of nitriles is 1. The zero-order chi connectivity index (χ0) is 15.1. The van der Waals surface area contributed by atoms with E-state index in [0.29, 0.717) is 13.0 Å². The first-order valence-corrected chi connectivity index (χ1v) is 6.29. The molecule has 0 aliphatic rings. The van der Waals surface area contributed by atoms with Crippen LogP contribution in [0.25, 0.3) is 11.3 Å². The molecule has 2 aromatic rings. The topological polar surface area (TPSA) is 109 Å². The Labute approximate surface area is 121 Å². The fourth-order valence-corrected chi connectivity index (χ4v) is 1.80. The number of rotatable bonds is 5. The van der Waals surface area contributed by atoms with Gasteiger partial charge < -0.3 is 5.73 Å². The molecule has 106 valence electrons. The maximum absolute atomic E-state index is 10.6. The zero-order valence-electron chi connectivity index (χ0n) is 11.2. The number of nitrogens with zero attached hydrogens (tertiary/aromatic N) is 4. The number of urea groups is 1. The van der Waals surface area contributed by atoms with Crippen LogP contribution in [0.5, 0.6) is 0 Å². The number of hydrogen-bond acceptors (Lipinski definition) is 4. The summed E-state index contributed by atoms with van der Waals surface area (Å²) in [7, 11) is 0. The summed E-state index contributed by atoms with van der Waals surface area (Å²) in [4.78, 5) is 10.6. The maximum Gasteiger partial charge on any atom is 0.332 e. The minimum Gasteiger partial charge on any atom is -0.350 e. The molecule has 2 amide bonds. The number of benzene rings is 1. The highest BCUT2D eigenvalue weighted by Gasteiger charge is 2.09. The van der Waals surface area contributed by atoms with Crippen LogP contribution in [0.4, 0.5) is 4.79 Å². The Bertz CT molecular complexity index is 683. The molecule has 7 nitrogen and oxygen atoms in total. The molecule has 21 heavy (non-hydrogen) atoms. The molecule has 0 spiro atoms. The van der Waals surface area contributed by atoms with Crippen LogP contribution in [0, 0.1) is 11.3 Å². The van der Waals surface area contributed by atoms with Gasteiger partial charge in [0.15, 0.2) is 0 Å². The van der Waals surface area contributed by atoms with Gasteiger partial charge in [-0.15, -0.1) is 0 Å². The Morgan fingerprint density at radius 1 is 1.48 bits per heavy atom. The first-order valence-electron chi connectivity index (χ1n) is 6.29. The van der Waals surface area contributed by atoms with Crippen LogP contribution in [0.1, 0.15) is 12.0 Å². The quantitative estimate of drug-likeness (QED) is 0.640. The third-order valence-corrected chi connectivity index (χ3v) is 2.67. The molecule has 0 fully saturated rings. The number of aromatic nitrogens is 2. The van der Waals surface area contributed by atoms with Crippen molar-refractivity contribution < 1.29 is 4.79 Å². The van der Waals surface area contributed by atoms with Crippen LogP contribution < -0.4 is 11.2 Å². The molecule has 0 aliphatic carbocycles. The number of hydrogen-bond donors (Lipinski definition) is 2. The van der Waals surface area contributed by atoms with Gasteiger partial charge in [-0.05, 0) is 0 Å². The summed E-state index contributed by atoms with van der Waals surface area (Å²) >= 11 is 0. The van der Waals surface area contributed by atoms with E-state index in [9.17, 15) is 4.79 Å². The van der Waals surface area contributed by atoms with E-state index in [2.05, 4.69) is 21.7 Å². The lowest BCUT2D eigenvalue weighted by Gasteiger charge is -1.98. The molecular weight excluding hydrogens is 268 g/mol. The second kappa shape index (κ2) is 6.86. The SMILES string of the molecule is N#CCCn1cc(/C=N/NC(N)=O)c(-c2ccccc2)n1. The monoisotopic (exact) mass is 282 g/mol. The number of nitrogens with one attached hydrogen (secondary N) is 1. The van der Waals surface area contributed by atoms with Crippen LogP contribution in [-0.2, 0) is 6.54 Å². The highest BCUT2D eigenvalue weighted by atomic mass is 16.2. The number of carbonyl (C=O) groups is 1. The summed E-state index contributed by atoms with van der Waals surface area (Å²) in [6.07, 6.45) is 3.61. The van der Waals surface area contributed by atoms with Crippen LogP contribution in [0.3, 0.4) is 0 Å². The Kier molecular flexibility index (Phi) is 4.66. The molecular formula is C14H14N6O. The van der Waals surface area contributed by atoms with Gasteiger partial charge in [-0.2, -0.15) is 15.5 Å². The Hall–Kier alpha value is -3.14. The van der Waals surface area contributed by atoms with Crippen molar-refractivity contribution in [1.82, 2.24) is 15.2 Å². The Morgan fingerprint density at radius 2 is 2.24 bits per heavy atom. The number of nitrogens with two attached hydrogens (primary N) is 1. The largest absolute Gasteiger partial charge is 0.350 e. The lowest BCUT2D eigenvalue weighted by atomic mass is 10.1. The van der Waals surface area contributed by atoms with Gasteiger partial charge >= 0.3 is 6.03 Å². The summed E-state index contributed by atoms with van der Waals surface area (Å²) in [6.45, 7) is 0.493. The van der Waals surface area contributed by atoms with E-state index in [0.717, 1.165) is 16.8 Å².